The molecule has 3 rings (SSSR count). The van der Waals surface area contributed by atoms with Crippen LogP contribution < -0.4 is 10.6 Å². The van der Waals surface area contributed by atoms with Crippen LogP contribution in [0.15, 0.2) is 48.7 Å². The number of carbonyl (C=O) groups is 1. The first-order valence-corrected chi connectivity index (χ1v) is 8.70. The van der Waals surface area contributed by atoms with Gasteiger partial charge in [-0.3, -0.25) is 14.7 Å². The number of halogens is 3. The highest BCUT2D eigenvalue weighted by molar-refractivity contribution is 5.73. The first-order chi connectivity index (χ1) is 12.8. The zero-order valence-corrected chi connectivity index (χ0v) is 14.7. The van der Waals surface area contributed by atoms with Gasteiger partial charge in [0.05, 0.1) is 17.3 Å². The molecule has 1 atom stereocenters. The Labute approximate surface area is 155 Å². The van der Waals surface area contributed by atoms with Crippen LogP contribution in [0.5, 0.6) is 0 Å². The molecule has 2 aromatic rings. The lowest BCUT2D eigenvalue weighted by Gasteiger charge is -2.42. The number of primary amides is 1. The molecule has 1 aliphatic heterocycles. The van der Waals surface area contributed by atoms with Gasteiger partial charge in [-0.25, -0.2) is 0 Å². The van der Waals surface area contributed by atoms with E-state index in [0.717, 1.165) is 11.8 Å². The molecule has 1 aromatic heterocycles. The molecule has 2 heterocycles. The van der Waals surface area contributed by atoms with Crippen molar-refractivity contribution in [2.75, 3.05) is 31.1 Å². The molecular weight excluding hydrogens is 357 g/mol. The van der Waals surface area contributed by atoms with Gasteiger partial charge in [0.1, 0.15) is 0 Å². The summed E-state index contributed by atoms with van der Waals surface area (Å²) < 4.78 is 39.3. The summed E-state index contributed by atoms with van der Waals surface area (Å²) in [5.74, 6) is -0.371. The maximum Gasteiger partial charge on any atom is 0.416 e. The van der Waals surface area contributed by atoms with E-state index in [0.29, 0.717) is 31.9 Å². The van der Waals surface area contributed by atoms with Crippen LogP contribution in [0.4, 0.5) is 18.9 Å². The molecule has 0 bridgehead atoms. The number of hydrogen-bond donors (Lipinski definition) is 1. The first kappa shape index (κ1) is 19.2. The fourth-order valence-electron chi connectivity index (χ4n) is 3.31. The predicted molar refractivity (Wildman–Crippen MR) is 96.0 cm³/mol. The number of piperazine rings is 1. The number of rotatable bonds is 5. The highest BCUT2D eigenvalue weighted by Crippen LogP contribution is 2.35. The van der Waals surface area contributed by atoms with Gasteiger partial charge < -0.3 is 10.6 Å². The maximum atomic E-state index is 13.1. The Hall–Kier alpha value is -2.61. The molecule has 2 N–H and O–H groups in total. The van der Waals surface area contributed by atoms with Gasteiger partial charge in [0.2, 0.25) is 5.91 Å². The van der Waals surface area contributed by atoms with Crippen molar-refractivity contribution in [2.24, 2.45) is 5.73 Å². The van der Waals surface area contributed by atoms with E-state index in [9.17, 15) is 18.0 Å². The average Bonchev–Trinajstić information content (AvgIpc) is 2.66. The summed E-state index contributed by atoms with van der Waals surface area (Å²) in [6.45, 7) is 2.24. The van der Waals surface area contributed by atoms with Gasteiger partial charge in [0.15, 0.2) is 0 Å². The molecular formula is C19H21F3N4O. The van der Waals surface area contributed by atoms with E-state index < -0.39 is 11.7 Å². The number of nitrogens with zero attached hydrogens (tertiary/aromatic N) is 3. The third-order valence-corrected chi connectivity index (χ3v) is 4.67. The summed E-state index contributed by atoms with van der Waals surface area (Å²) in [5.41, 5.74) is 5.85. The summed E-state index contributed by atoms with van der Waals surface area (Å²) >= 11 is 0. The lowest BCUT2D eigenvalue weighted by molar-refractivity contribution is -0.137. The smallest absolute Gasteiger partial charge is 0.370 e. The van der Waals surface area contributed by atoms with Crippen molar-refractivity contribution in [3.63, 3.8) is 0 Å². The average molecular weight is 378 g/mol. The fourth-order valence-corrected chi connectivity index (χ4v) is 3.31. The minimum atomic E-state index is -4.39. The monoisotopic (exact) mass is 378 g/mol. The van der Waals surface area contributed by atoms with Crippen molar-refractivity contribution in [3.05, 3.63) is 59.9 Å². The molecule has 1 fully saturated rings. The van der Waals surface area contributed by atoms with Crippen molar-refractivity contribution < 1.29 is 18.0 Å². The number of pyridine rings is 1. The number of benzene rings is 1. The molecule has 144 valence electrons. The van der Waals surface area contributed by atoms with Gasteiger partial charge in [0, 0.05) is 44.5 Å². The lowest BCUT2D eigenvalue weighted by atomic mass is 10.0. The van der Waals surface area contributed by atoms with Gasteiger partial charge >= 0.3 is 6.18 Å². The largest absolute Gasteiger partial charge is 0.416 e. The van der Waals surface area contributed by atoms with Crippen LogP contribution in [0.1, 0.15) is 23.7 Å². The molecule has 0 radical (unpaired) electrons. The molecule has 1 amide bonds. The Morgan fingerprint density at radius 2 is 2.00 bits per heavy atom. The van der Waals surface area contributed by atoms with E-state index >= 15 is 0 Å². The first-order valence-electron chi connectivity index (χ1n) is 8.70. The normalized spacial score (nSPS) is 18.5. The molecule has 1 aromatic carbocycles. The van der Waals surface area contributed by atoms with Crippen LogP contribution >= 0.6 is 0 Å². The van der Waals surface area contributed by atoms with E-state index in [4.69, 9.17) is 5.73 Å². The minimum absolute atomic E-state index is 0.212. The van der Waals surface area contributed by atoms with Crippen LogP contribution in [0.2, 0.25) is 0 Å². The third kappa shape index (κ3) is 4.77. The Balaban J connectivity index is 1.88. The Kier molecular flexibility index (Phi) is 5.65. The summed E-state index contributed by atoms with van der Waals surface area (Å²) in [6.07, 6.45) is -2.47. The lowest BCUT2D eigenvalue weighted by Crippen LogP contribution is -2.49. The number of aromatic nitrogens is 1. The standard InChI is InChI=1S/C19H21F3N4O/c20-19(21,22)14-4-3-5-15(12-14)26-11-10-25(9-7-18(23)27)13-17(26)16-6-1-2-8-24-16/h1-6,8,12,17H,7,9-11,13H2,(H2,23,27). The van der Waals surface area contributed by atoms with Crippen molar-refractivity contribution in [1.29, 1.82) is 0 Å². The SMILES string of the molecule is NC(=O)CCN1CCN(c2cccc(C(F)(F)F)c2)C(c2ccccn2)C1. The summed E-state index contributed by atoms with van der Waals surface area (Å²) in [4.78, 5) is 19.5. The highest BCUT2D eigenvalue weighted by atomic mass is 19.4. The van der Waals surface area contributed by atoms with E-state index in [-0.39, 0.29) is 18.4 Å². The number of amides is 1. The molecule has 1 unspecified atom stereocenters. The van der Waals surface area contributed by atoms with Gasteiger partial charge in [-0.05, 0) is 30.3 Å². The van der Waals surface area contributed by atoms with Crippen LogP contribution in [0, 0.1) is 0 Å². The van der Waals surface area contributed by atoms with Crippen molar-refractivity contribution in [2.45, 2.75) is 18.6 Å². The van der Waals surface area contributed by atoms with Crippen molar-refractivity contribution in [3.8, 4) is 0 Å². The zero-order valence-electron chi connectivity index (χ0n) is 14.7. The molecule has 27 heavy (non-hydrogen) atoms. The second kappa shape index (κ2) is 7.96. The van der Waals surface area contributed by atoms with Crippen LogP contribution in [-0.4, -0.2) is 42.0 Å². The number of carbonyl (C=O) groups excluding carboxylic acids is 1. The van der Waals surface area contributed by atoms with Crippen molar-refractivity contribution in [1.82, 2.24) is 9.88 Å². The summed E-state index contributed by atoms with van der Waals surface area (Å²) in [7, 11) is 0. The second-order valence-corrected chi connectivity index (χ2v) is 6.53. The third-order valence-electron chi connectivity index (χ3n) is 4.67. The van der Waals surface area contributed by atoms with E-state index in [1.54, 1.807) is 18.3 Å². The van der Waals surface area contributed by atoms with Gasteiger partial charge in [-0.2, -0.15) is 13.2 Å². The molecule has 1 aliphatic rings. The topological polar surface area (TPSA) is 62.5 Å². The van der Waals surface area contributed by atoms with Gasteiger partial charge in [-0.15, -0.1) is 0 Å². The molecule has 8 heteroatoms. The van der Waals surface area contributed by atoms with E-state index in [2.05, 4.69) is 9.88 Å². The van der Waals surface area contributed by atoms with Gasteiger partial charge in [0.25, 0.3) is 0 Å². The Bertz CT molecular complexity index is 782. The molecule has 1 saturated heterocycles. The molecule has 0 spiro atoms. The number of anilines is 1. The molecule has 5 nitrogen and oxygen atoms in total. The summed E-state index contributed by atoms with van der Waals surface area (Å²) in [6, 6.07) is 10.7. The van der Waals surface area contributed by atoms with E-state index in [1.165, 1.54) is 12.1 Å². The van der Waals surface area contributed by atoms with E-state index in [1.807, 2.05) is 17.0 Å². The number of nitrogens with two attached hydrogens (primary N) is 1. The predicted octanol–water partition coefficient (Wildman–Crippen LogP) is 2.84. The summed E-state index contributed by atoms with van der Waals surface area (Å²) in [5, 5.41) is 0. The maximum absolute atomic E-state index is 13.1. The highest BCUT2D eigenvalue weighted by Gasteiger charge is 2.33. The molecule has 0 saturated carbocycles. The van der Waals surface area contributed by atoms with Crippen LogP contribution in [0.3, 0.4) is 0 Å². The fraction of sp³-hybridized carbons (Fsp3) is 0.368. The second-order valence-electron chi connectivity index (χ2n) is 6.53. The van der Waals surface area contributed by atoms with Crippen LogP contribution in [-0.2, 0) is 11.0 Å². The van der Waals surface area contributed by atoms with Gasteiger partial charge in [-0.1, -0.05) is 12.1 Å². The Morgan fingerprint density at radius 1 is 1.19 bits per heavy atom. The number of hydrogen-bond acceptors (Lipinski definition) is 4. The quantitative estimate of drug-likeness (QED) is 0.869. The minimum Gasteiger partial charge on any atom is -0.370 e. The number of alkyl halides is 3. The Morgan fingerprint density at radius 3 is 2.67 bits per heavy atom. The van der Waals surface area contributed by atoms with Crippen LogP contribution in [0.25, 0.3) is 0 Å². The zero-order chi connectivity index (χ0) is 19.4. The van der Waals surface area contributed by atoms with Crippen molar-refractivity contribution >= 4 is 11.6 Å². The molecule has 0 aliphatic carbocycles.